The summed E-state index contributed by atoms with van der Waals surface area (Å²) in [6.07, 6.45) is 1.58. The number of hydrogen-bond donors (Lipinski definition) is 0. The summed E-state index contributed by atoms with van der Waals surface area (Å²) in [5, 5.41) is 4.97. The molecule has 1 aromatic carbocycles. The highest BCUT2D eigenvalue weighted by atomic mass is 35.5. The third-order valence-electron chi connectivity index (χ3n) is 2.86. The molecule has 0 saturated carbocycles. The Morgan fingerprint density at radius 3 is 2.90 bits per heavy atom. The number of hydrogen-bond acceptors (Lipinski definition) is 4. The lowest BCUT2D eigenvalue weighted by Crippen LogP contribution is -2.04. The van der Waals surface area contributed by atoms with Crippen molar-refractivity contribution < 1.29 is 9.13 Å². The van der Waals surface area contributed by atoms with E-state index in [0.29, 0.717) is 16.9 Å². The summed E-state index contributed by atoms with van der Waals surface area (Å²) in [5.41, 5.74) is 0.583. The molecule has 0 amide bonds. The molecule has 2 heterocycles. The second-order valence-electron chi connectivity index (χ2n) is 4.28. The molecular weight excluding hydrogens is 318 g/mol. The average Bonchev–Trinajstić information content (AvgIpc) is 2.83. The minimum Gasteiger partial charge on any atom is -0.482 e. The summed E-state index contributed by atoms with van der Waals surface area (Å²) in [4.78, 5) is 8.39. The van der Waals surface area contributed by atoms with E-state index >= 15 is 0 Å². The van der Waals surface area contributed by atoms with Crippen LogP contribution in [-0.4, -0.2) is 19.7 Å². The van der Waals surface area contributed by atoms with E-state index < -0.39 is 5.82 Å². The first-order valence-corrected chi connectivity index (χ1v) is 6.73. The van der Waals surface area contributed by atoms with Crippen molar-refractivity contribution >= 4 is 34.2 Å². The standard InChI is InChI=1S/C13H9Cl2FN4O/c1-20-13-7(5-17-20)12(15)18-10(19-13)6-21-9-4-2-3-8(14)11(9)16/h2-5H,6H2,1H3. The molecule has 21 heavy (non-hydrogen) atoms. The number of fused-ring (bicyclic) bond motifs is 1. The van der Waals surface area contributed by atoms with E-state index in [1.807, 2.05) is 0 Å². The Kier molecular flexibility index (Phi) is 3.65. The fourth-order valence-electron chi connectivity index (χ4n) is 1.83. The first kappa shape index (κ1) is 14.0. The molecule has 0 radical (unpaired) electrons. The second kappa shape index (κ2) is 5.46. The molecule has 0 saturated heterocycles. The van der Waals surface area contributed by atoms with Crippen LogP contribution >= 0.6 is 23.2 Å². The van der Waals surface area contributed by atoms with Gasteiger partial charge in [0, 0.05) is 7.05 Å². The highest BCUT2D eigenvalue weighted by Crippen LogP contribution is 2.25. The van der Waals surface area contributed by atoms with Gasteiger partial charge in [-0.25, -0.2) is 14.4 Å². The summed E-state index contributed by atoms with van der Waals surface area (Å²) < 4.78 is 20.6. The molecule has 0 bridgehead atoms. The first-order valence-electron chi connectivity index (χ1n) is 5.97. The van der Waals surface area contributed by atoms with Gasteiger partial charge in [-0.1, -0.05) is 29.3 Å². The normalized spacial score (nSPS) is 11.0. The molecule has 3 rings (SSSR count). The van der Waals surface area contributed by atoms with Gasteiger partial charge in [0.25, 0.3) is 0 Å². The van der Waals surface area contributed by atoms with Crippen molar-refractivity contribution in [3.63, 3.8) is 0 Å². The smallest absolute Gasteiger partial charge is 0.183 e. The molecular formula is C13H9Cl2FN4O. The molecule has 0 unspecified atom stereocenters. The van der Waals surface area contributed by atoms with E-state index in [1.165, 1.54) is 12.1 Å². The number of ether oxygens (including phenoxy) is 1. The van der Waals surface area contributed by atoms with Crippen LogP contribution in [0.1, 0.15) is 5.82 Å². The van der Waals surface area contributed by atoms with Crippen molar-refractivity contribution in [1.29, 1.82) is 0 Å². The third kappa shape index (κ3) is 2.64. The maximum atomic E-state index is 13.7. The van der Waals surface area contributed by atoms with Gasteiger partial charge in [0.1, 0.15) is 11.8 Å². The van der Waals surface area contributed by atoms with Crippen molar-refractivity contribution in [1.82, 2.24) is 19.7 Å². The summed E-state index contributed by atoms with van der Waals surface area (Å²) in [7, 11) is 1.74. The highest BCUT2D eigenvalue weighted by Gasteiger charge is 2.12. The molecule has 0 aliphatic heterocycles. The van der Waals surface area contributed by atoms with E-state index in [2.05, 4.69) is 15.1 Å². The van der Waals surface area contributed by atoms with Crippen molar-refractivity contribution in [2.75, 3.05) is 0 Å². The van der Waals surface area contributed by atoms with Crippen LogP contribution < -0.4 is 4.74 Å². The molecule has 0 N–H and O–H groups in total. The lowest BCUT2D eigenvalue weighted by molar-refractivity contribution is 0.281. The zero-order valence-electron chi connectivity index (χ0n) is 10.8. The number of aromatic nitrogens is 4. The minimum atomic E-state index is -0.619. The maximum Gasteiger partial charge on any atom is 0.183 e. The van der Waals surface area contributed by atoms with Crippen LogP contribution in [0, 0.1) is 5.82 Å². The van der Waals surface area contributed by atoms with Crippen LogP contribution in [0.15, 0.2) is 24.4 Å². The largest absolute Gasteiger partial charge is 0.482 e. The van der Waals surface area contributed by atoms with Gasteiger partial charge in [-0.3, -0.25) is 4.68 Å². The van der Waals surface area contributed by atoms with Crippen LogP contribution in [0.2, 0.25) is 10.2 Å². The Bertz CT molecular complexity index is 821. The van der Waals surface area contributed by atoms with Gasteiger partial charge in [0.2, 0.25) is 0 Å². The van der Waals surface area contributed by atoms with Crippen LogP contribution in [-0.2, 0) is 13.7 Å². The van der Waals surface area contributed by atoms with Gasteiger partial charge >= 0.3 is 0 Å². The number of rotatable bonds is 3. The van der Waals surface area contributed by atoms with Gasteiger partial charge in [-0.2, -0.15) is 5.10 Å². The third-order valence-corrected chi connectivity index (χ3v) is 3.44. The van der Waals surface area contributed by atoms with Gasteiger partial charge < -0.3 is 4.74 Å². The number of benzene rings is 1. The predicted octanol–water partition coefficient (Wildman–Crippen LogP) is 3.39. The SMILES string of the molecule is Cn1ncc2c(Cl)nc(COc3cccc(Cl)c3F)nc21. The van der Waals surface area contributed by atoms with Gasteiger partial charge in [0.05, 0.1) is 16.6 Å². The fourth-order valence-corrected chi connectivity index (χ4v) is 2.23. The van der Waals surface area contributed by atoms with Gasteiger partial charge in [0.15, 0.2) is 23.0 Å². The Morgan fingerprint density at radius 2 is 2.10 bits per heavy atom. The summed E-state index contributed by atoms with van der Waals surface area (Å²) in [5.74, 6) is -0.255. The Balaban J connectivity index is 1.88. The molecule has 108 valence electrons. The zero-order chi connectivity index (χ0) is 15.0. The predicted molar refractivity (Wildman–Crippen MR) is 77.1 cm³/mol. The number of halogens is 3. The fraction of sp³-hybridized carbons (Fsp3) is 0.154. The average molecular weight is 327 g/mol. The van der Waals surface area contributed by atoms with E-state index in [0.717, 1.165) is 0 Å². The zero-order valence-corrected chi connectivity index (χ0v) is 12.4. The van der Waals surface area contributed by atoms with Crippen LogP contribution in [0.25, 0.3) is 11.0 Å². The molecule has 3 aromatic rings. The molecule has 2 aromatic heterocycles. The molecule has 0 fully saturated rings. The summed E-state index contributed by atoms with van der Waals surface area (Å²) in [6, 6.07) is 4.52. The topological polar surface area (TPSA) is 52.8 Å². The van der Waals surface area contributed by atoms with Crippen molar-refractivity contribution in [3.05, 3.63) is 46.2 Å². The monoisotopic (exact) mass is 326 g/mol. The van der Waals surface area contributed by atoms with E-state index in [-0.39, 0.29) is 22.5 Å². The molecule has 0 aliphatic carbocycles. The van der Waals surface area contributed by atoms with Crippen LogP contribution in [0.3, 0.4) is 0 Å². The quantitative estimate of drug-likeness (QED) is 0.692. The number of nitrogens with zero attached hydrogens (tertiary/aromatic N) is 4. The molecule has 5 nitrogen and oxygen atoms in total. The Labute approximate surface area is 129 Å². The van der Waals surface area contributed by atoms with E-state index in [4.69, 9.17) is 27.9 Å². The van der Waals surface area contributed by atoms with Crippen LogP contribution in [0.5, 0.6) is 5.75 Å². The van der Waals surface area contributed by atoms with Gasteiger partial charge in [-0.15, -0.1) is 0 Å². The summed E-state index contributed by atoms with van der Waals surface area (Å²) >= 11 is 11.7. The minimum absolute atomic E-state index is 0.00598. The van der Waals surface area contributed by atoms with Crippen LogP contribution in [0.4, 0.5) is 4.39 Å². The summed E-state index contributed by atoms with van der Waals surface area (Å²) in [6.45, 7) is -0.0297. The lowest BCUT2D eigenvalue weighted by Gasteiger charge is -2.07. The van der Waals surface area contributed by atoms with Crippen molar-refractivity contribution in [3.8, 4) is 5.75 Å². The highest BCUT2D eigenvalue weighted by molar-refractivity contribution is 6.33. The van der Waals surface area contributed by atoms with Crippen molar-refractivity contribution in [2.45, 2.75) is 6.61 Å². The lowest BCUT2D eigenvalue weighted by atomic mass is 10.3. The molecule has 0 aliphatic rings. The number of aryl methyl sites for hydroxylation is 1. The Hall–Kier alpha value is -1.92. The van der Waals surface area contributed by atoms with E-state index in [9.17, 15) is 4.39 Å². The molecule has 8 heteroatoms. The van der Waals surface area contributed by atoms with Crippen molar-refractivity contribution in [2.24, 2.45) is 7.05 Å². The van der Waals surface area contributed by atoms with E-state index in [1.54, 1.807) is 24.0 Å². The molecule has 0 atom stereocenters. The Morgan fingerprint density at radius 1 is 1.29 bits per heavy atom. The maximum absolute atomic E-state index is 13.7. The first-order chi connectivity index (χ1) is 10.1. The second-order valence-corrected chi connectivity index (χ2v) is 5.04. The molecule has 0 spiro atoms. The van der Waals surface area contributed by atoms with Gasteiger partial charge in [-0.05, 0) is 12.1 Å².